The van der Waals surface area contributed by atoms with Crippen molar-refractivity contribution in [2.45, 2.75) is 46.2 Å². The number of rotatable bonds is 8. The number of hydrogen-bond donors (Lipinski definition) is 1. The molecule has 21 heavy (non-hydrogen) atoms. The minimum Gasteiger partial charge on any atom is -0.370 e. The highest BCUT2D eigenvalue weighted by Gasteiger charge is 2.27. The van der Waals surface area contributed by atoms with Crippen molar-refractivity contribution < 1.29 is 0 Å². The van der Waals surface area contributed by atoms with Crippen molar-refractivity contribution in [2.24, 2.45) is 0 Å². The Bertz CT molecular complexity index is 417. The van der Waals surface area contributed by atoms with Gasteiger partial charge < -0.3 is 10.2 Å². The Labute approximate surface area is 129 Å². The van der Waals surface area contributed by atoms with Crippen LogP contribution in [-0.2, 0) is 6.54 Å². The zero-order valence-electron chi connectivity index (χ0n) is 13.8. The van der Waals surface area contributed by atoms with E-state index in [1.807, 2.05) is 12.4 Å². The molecular weight excluding hydrogens is 260 g/mol. The lowest BCUT2D eigenvalue weighted by Gasteiger charge is -2.27. The Morgan fingerprint density at radius 2 is 2.14 bits per heavy atom. The first-order valence-corrected chi connectivity index (χ1v) is 8.42. The van der Waals surface area contributed by atoms with Gasteiger partial charge in [0.15, 0.2) is 0 Å². The molecule has 118 valence electrons. The molecule has 1 aromatic heterocycles. The van der Waals surface area contributed by atoms with E-state index in [1.54, 1.807) is 0 Å². The van der Waals surface area contributed by atoms with Gasteiger partial charge in [0.2, 0.25) is 0 Å². The summed E-state index contributed by atoms with van der Waals surface area (Å²) in [5.41, 5.74) is 2.69. The van der Waals surface area contributed by atoms with E-state index >= 15 is 0 Å². The third kappa shape index (κ3) is 4.17. The predicted octanol–water partition coefficient (Wildman–Crippen LogP) is 2.50. The minimum atomic E-state index is 0.699. The molecule has 0 spiro atoms. The van der Waals surface area contributed by atoms with E-state index in [-0.39, 0.29) is 0 Å². The highest BCUT2D eigenvalue weighted by molar-refractivity contribution is 5.53. The molecule has 1 atom stereocenters. The first-order chi connectivity index (χ1) is 10.3. The van der Waals surface area contributed by atoms with Crippen LogP contribution in [0.5, 0.6) is 0 Å². The SMILES string of the molecule is CCCNCc1cnccc1N1CCC(N(CC)CC)C1. The molecule has 2 heterocycles. The highest BCUT2D eigenvalue weighted by atomic mass is 15.3. The van der Waals surface area contributed by atoms with Gasteiger partial charge in [-0.25, -0.2) is 0 Å². The van der Waals surface area contributed by atoms with Crippen molar-refractivity contribution in [3.63, 3.8) is 0 Å². The van der Waals surface area contributed by atoms with Gasteiger partial charge in [-0.1, -0.05) is 20.8 Å². The molecule has 0 amide bonds. The van der Waals surface area contributed by atoms with Crippen LogP contribution in [0.2, 0.25) is 0 Å². The summed E-state index contributed by atoms with van der Waals surface area (Å²) in [5, 5.41) is 3.49. The van der Waals surface area contributed by atoms with Crippen LogP contribution >= 0.6 is 0 Å². The maximum Gasteiger partial charge on any atom is 0.0443 e. The largest absolute Gasteiger partial charge is 0.370 e. The van der Waals surface area contributed by atoms with Crippen LogP contribution in [0.1, 0.15) is 39.2 Å². The van der Waals surface area contributed by atoms with Gasteiger partial charge >= 0.3 is 0 Å². The predicted molar refractivity (Wildman–Crippen MR) is 89.8 cm³/mol. The van der Waals surface area contributed by atoms with Crippen molar-refractivity contribution >= 4 is 5.69 Å². The molecule has 0 aromatic carbocycles. The zero-order chi connectivity index (χ0) is 15.1. The molecule has 1 saturated heterocycles. The maximum absolute atomic E-state index is 4.30. The summed E-state index contributed by atoms with van der Waals surface area (Å²) in [7, 11) is 0. The van der Waals surface area contributed by atoms with Crippen LogP contribution < -0.4 is 10.2 Å². The molecule has 0 bridgehead atoms. The van der Waals surface area contributed by atoms with Crippen molar-refractivity contribution in [2.75, 3.05) is 37.6 Å². The Kier molecular flexibility index (Phi) is 6.46. The minimum absolute atomic E-state index is 0.699. The number of nitrogens with zero attached hydrogens (tertiary/aromatic N) is 3. The molecule has 1 aliphatic rings. The second-order valence-corrected chi connectivity index (χ2v) is 5.79. The van der Waals surface area contributed by atoms with E-state index in [4.69, 9.17) is 0 Å². The molecule has 1 N–H and O–H groups in total. The summed E-state index contributed by atoms with van der Waals surface area (Å²) in [6.45, 7) is 13.3. The lowest BCUT2D eigenvalue weighted by molar-refractivity contribution is 0.232. The number of aromatic nitrogens is 1. The van der Waals surface area contributed by atoms with Gasteiger partial charge in [0.25, 0.3) is 0 Å². The number of hydrogen-bond acceptors (Lipinski definition) is 4. The number of pyridine rings is 1. The fourth-order valence-corrected chi connectivity index (χ4v) is 3.26. The third-order valence-electron chi connectivity index (χ3n) is 4.45. The fraction of sp³-hybridized carbons (Fsp3) is 0.706. The van der Waals surface area contributed by atoms with Crippen LogP contribution in [0.15, 0.2) is 18.5 Å². The van der Waals surface area contributed by atoms with Crippen LogP contribution in [0.25, 0.3) is 0 Å². The molecule has 1 aliphatic heterocycles. The van der Waals surface area contributed by atoms with Crippen molar-refractivity contribution in [1.82, 2.24) is 15.2 Å². The molecule has 0 radical (unpaired) electrons. The summed E-state index contributed by atoms with van der Waals surface area (Å²) in [5.74, 6) is 0. The van der Waals surface area contributed by atoms with Gasteiger partial charge in [-0.15, -0.1) is 0 Å². The molecule has 1 fully saturated rings. The van der Waals surface area contributed by atoms with E-state index in [0.29, 0.717) is 6.04 Å². The fourth-order valence-electron chi connectivity index (χ4n) is 3.26. The Balaban J connectivity index is 2.02. The van der Waals surface area contributed by atoms with E-state index in [9.17, 15) is 0 Å². The van der Waals surface area contributed by atoms with Gasteiger partial charge in [-0.3, -0.25) is 9.88 Å². The van der Waals surface area contributed by atoms with Crippen LogP contribution in [0, 0.1) is 0 Å². The first-order valence-electron chi connectivity index (χ1n) is 8.42. The van der Waals surface area contributed by atoms with E-state index in [1.165, 1.54) is 24.1 Å². The van der Waals surface area contributed by atoms with Gasteiger partial charge in [0.05, 0.1) is 0 Å². The summed E-state index contributed by atoms with van der Waals surface area (Å²) >= 11 is 0. The van der Waals surface area contributed by atoms with Crippen LogP contribution in [-0.4, -0.2) is 48.6 Å². The smallest absolute Gasteiger partial charge is 0.0443 e. The number of anilines is 1. The average molecular weight is 290 g/mol. The molecule has 0 saturated carbocycles. The zero-order valence-corrected chi connectivity index (χ0v) is 13.8. The van der Waals surface area contributed by atoms with Crippen molar-refractivity contribution in [3.8, 4) is 0 Å². The summed E-state index contributed by atoms with van der Waals surface area (Å²) in [6.07, 6.45) is 6.38. The average Bonchev–Trinajstić information content (AvgIpc) is 2.99. The standard InChI is InChI=1S/C17H30N4/c1-4-9-18-12-15-13-19-10-7-17(15)21-11-8-16(14-21)20(5-2)6-3/h7,10,13,16,18H,4-6,8-9,11-12,14H2,1-3H3. The molecule has 4 nitrogen and oxygen atoms in total. The summed E-state index contributed by atoms with van der Waals surface area (Å²) < 4.78 is 0. The third-order valence-corrected chi connectivity index (χ3v) is 4.45. The molecule has 1 unspecified atom stereocenters. The van der Waals surface area contributed by atoms with Gasteiger partial charge in [-0.2, -0.15) is 0 Å². The lowest BCUT2D eigenvalue weighted by atomic mass is 10.2. The molecular formula is C17H30N4. The molecule has 0 aliphatic carbocycles. The van der Waals surface area contributed by atoms with Crippen molar-refractivity contribution in [3.05, 3.63) is 24.0 Å². The van der Waals surface area contributed by atoms with Gasteiger partial charge in [0, 0.05) is 49.3 Å². The summed E-state index contributed by atoms with van der Waals surface area (Å²) in [4.78, 5) is 9.42. The van der Waals surface area contributed by atoms with E-state index in [0.717, 1.165) is 39.3 Å². The van der Waals surface area contributed by atoms with Gasteiger partial charge in [-0.05, 0) is 38.5 Å². The van der Waals surface area contributed by atoms with E-state index < -0.39 is 0 Å². The molecule has 1 aromatic rings. The Morgan fingerprint density at radius 1 is 1.33 bits per heavy atom. The quantitative estimate of drug-likeness (QED) is 0.746. The monoisotopic (exact) mass is 290 g/mol. The van der Waals surface area contributed by atoms with Crippen LogP contribution in [0.4, 0.5) is 5.69 Å². The van der Waals surface area contributed by atoms with Crippen LogP contribution in [0.3, 0.4) is 0 Å². The summed E-state index contributed by atoms with van der Waals surface area (Å²) in [6, 6.07) is 2.87. The highest BCUT2D eigenvalue weighted by Crippen LogP contribution is 2.25. The molecule has 4 heteroatoms. The second-order valence-electron chi connectivity index (χ2n) is 5.79. The Hall–Kier alpha value is -1.13. The topological polar surface area (TPSA) is 31.4 Å². The Morgan fingerprint density at radius 3 is 2.86 bits per heavy atom. The normalized spacial score (nSPS) is 18.7. The molecule has 2 rings (SSSR count). The van der Waals surface area contributed by atoms with Gasteiger partial charge in [0.1, 0.15) is 0 Å². The number of likely N-dealkylation sites (N-methyl/N-ethyl adjacent to an activating group) is 1. The second kappa shape index (κ2) is 8.35. The van der Waals surface area contributed by atoms with Crippen molar-refractivity contribution in [1.29, 1.82) is 0 Å². The maximum atomic E-state index is 4.30. The number of nitrogens with one attached hydrogen (secondary N) is 1. The first kappa shape index (κ1) is 16.2. The lowest BCUT2D eigenvalue weighted by Crippen LogP contribution is -2.37. The van der Waals surface area contributed by atoms with E-state index in [2.05, 4.69) is 46.9 Å².